The molecule has 0 spiro atoms. The second-order valence-electron chi connectivity index (χ2n) is 3.70. The lowest BCUT2D eigenvalue weighted by Crippen LogP contribution is -2.40. The summed E-state index contributed by atoms with van der Waals surface area (Å²) in [5.41, 5.74) is -1.02. The summed E-state index contributed by atoms with van der Waals surface area (Å²) in [5, 5.41) is 21.3. The van der Waals surface area contributed by atoms with Gasteiger partial charge >= 0.3 is 11.7 Å². The van der Waals surface area contributed by atoms with Gasteiger partial charge in [-0.15, -0.1) is 12.3 Å². The van der Waals surface area contributed by atoms with Crippen molar-refractivity contribution >= 4 is 17.6 Å². The van der Waals surface area contributed by atoms with Gasteiger partial charge in [0.2, 0.25) is 5.82 Å². The number of carboxylic acids is 1. The second kappa shape index (κ2) is 6.29. The molecular weight excluding hydrogens is 271 g/mol. The zero-order valence-electron chi connectivity index (χ0n) is 10.00. The summed E-state index contributed by atoms with van der Waals surface area (Å²) >= 11 is 0. The quantitative estimate of drug-likeness (QED) is 0.474. The lowest BCUT2D eigenvalue weighted by Gasteiger charge is -2.11. The van der Waals surface area contributed by atoms with E-state index in [1.807, 2.05) is 0 Å². The first-order valence-electron chi connectivity index (χ1n) is 5.28. The lowest BCUT2D eigenvalue weighted by molar-refractivity contribution is -0.387. The fourth-order valence-electron chi connectivity index (χ4n) is 1.36. The molecule has 0 fully saturated rings. The number of amides is 1. The zero-order chi connectivity index (χ0) is 15.3. The number of terminal acetylenes is 1. The van der Waals surface area contributed by atoms with E-state index in [9.17, 15) is 24.1 Å². The SMILES string of the molecule is C#CCC(NC(=O)c1ccc([N+](=O)[O-])c(F)c1)C(=O)O. The van der Waals surface area contributed by atoms with E-state index in [1.54, 1.807) is 0 Å². The number of nitro groups is 1. The van der Waals surface area contributed by atoms with E-state index in [1.165, 1.54) is 0 Å². The van der Waals surface area contributed by atoms with E-state index < -0.39 is 34.3 Å². The number of nitro benzene ring substituents is 1. The number of carbonyl (C=O) groups excluding carboxylic acids is 1. The van der Waals surface area contributed by atoms with Gasteiger partial charge in [0.25, 0.3) is 5.91 Å². The highest BCUT2D eigenvalue weighted by Gasteiger charge is 2.21. The van der Waals surface area contributed by atoms with Crippen molar-refractivity contribution in [2.24, 2.45) is 0 Å². The second-order valence-corrected chi connectivity index (χ2v) is 3.70. The van der Waals surface area contributed by atoms with Gasteiger partial charge in [0.15, 0.2) is 0 Å². The van der Waals surface area contributed by atoms with E-state index in [-0.39, 0.29) is 12.0 Å². The van der Waals surface area contributed by atoms with Crippen molar-refractivity contribution in [3.05, 3.63) is 39.7 Å². The van der Waals surface area contributed by atoms with E-state index in [4.69, 9.17) is 11.5 Å². The number of carbonyl (C=O) groups is 2. The fourth-order valence-corrected chi connectivity index (χ4v) is 1.36. The molecule has 20 heavy (non-hydrogen) atoms. The number of hydrogen-bond acceptors (Lipinski definition) is 4. The highest BCUT2D eigenvalue weighted by Crippen LogP contribution is 2.18. The minimum absolute atomic E-state index is 0.239. The van der Waals surface area contributed by atoms with E-state index >= 15 is 0 Å². The first kappa shape index (κ1) is 15.1. The van der Waals surface area contributed by atoms with Crippen LogP contribution in [-0.2, 0) is 4.79 Å². The summed E-state index contributed by atoms with van der Waals surface area (Å²) in [6.07, 6.45) is 4.72. The molecule has 1 unspecified atom stereocenters. The molecule has 0 aliphatic heterocycles. The van der Waals surface area contributed by atoms with Gasteiger partial charge in [-0.2, -0.15) is 4.39 Å². The molecule has 0 aliphatic carbocycles. The van der Waals surface area contributed by atoms with Crippen molar-refractivity contribution in [1.29, 1.82) is 0 Å². The summed E-state index contributed by atoms with van der Waals surface area (Å²) in [6.45, 7) is 0. The van der Waals surface area contributed by atoms with Gasteiger partial charge in [0.1, 0.15) is 6.04 Å². The molecule has 0 radical (unpaired) electrons. The Hall–Kier alpha value is -2.95. The maximum Gasteiger partial charge on any atom is 0.327 e. The Balaban J connectivity index is 2.93. The maximum atomic E-state index is 13.3. The Kier molecular flexibility index (Phi) is 4.75. The normalized spacial score (nSPS) is 11.2. The number of nitrogens with zero attached hydrogens (tertiary/aromatic N) is 1. The Bertz CT molecular complexity index is 608. The maximum absolute atomic E-state index is 13.3. The molecule has 8 heteroatoms. The number of halogens is 1. The van der Waals surface area contributed by atoms with Gasteiger partial charge in [-0.25, -0.2) is 4.79 Å². The summed E-state index contributed by atoms with van der Waals surface area (Å²) in [6, 6.07) is 1.18. The van der Waals surface area contributed by atoms with Crippen LogP contribution in [0.3, 0.4) is 0 Å². The number of aliphatic carboxylic acids is 1. The fraction of sp³-hybridized carbons (Fsp3) is 0.167. The molecule has 1 aromatic rings. The van der Waals surface area contributed by atoms with Crippen LogP contribution in [0, 0.1) is 28.3 Å². The van der Waals surface area contributed by atoms with Crippen molar-refractivity contribution in [3.8, 4) is 12.3 Å². The minimum Gasteiger partial charge on any atom is -0.480 e. The summed E-state index contributed by atoms with van der Waals surface area (Å²) < 4.78 is 13.3. The standard InChI is InChI=1S/C12H9FN2O5/c1-2-3-9(12(17)18)14-11(16)7-4-5-10(15(19)20)8(13)6-7/h1,4-6,9H,3H2,(H,14,16)(H,17,18). The van der Waals surface area contributed by atoms with Crippen LogP contribution in [0.15, 0.2) is 18.2 Å². The van der Waals surface area contributed by atoms with E-state index in [0.29, 0.717) is 6.07 Å². The topological polar surface area (TPSA) is 110 Å². The number of rotatable bonds is 5. The molecule has 1 aromatic carbocycles. The predicted molar refractivity (Wildman–Crippen MR) is 65.4 cm³/mol. The molecule has 2 N–H and O–H groups in total. The first-order valence-corrected chi connectivity index (χ1v) is 5.28. The molecule has 1 rings (SSSR count). The zero-order valence-corrected chi connectivity index (χ0v) is 10.00. The highest BCUT2D eigenvalue weighted by molar-refractivity contribution is 5.96. The van der Waals surface area contributed by atoms with Gasteiger partial charge < -0.3 is 10.4 Å². The molecule has 0 saturated carbocycles. The van der Waals surface area contributed by atoms with Crippen LogP contribution in [0.5, 0.6) is 0 Å². The van der Waals surface area contributed by atoms with Crippen molar-refractivity contribution in [1.82, 2.24) is 5.32 Å². The Labute approximate surface area is 112 Å². The van der Waals surface area contributed by atoms with Crippen LogP contribution in [0.25, 0.3) is 0 Å². The van der Waals surface area contributed by atoms with Gasteiger partial charge in [-0.05, 0) is 12.1 Å². The van der Waals surface area contributed by atoms with Gasteiger partial charge in [-0.1, -0.05) is 0 Å². The summed E-state index contributed by atoms with van der Waals surface area (Å²) in [4.78, 5) is 32.0. The third-order valence-corrected chi connectivity index (χ3v) is 2.33. The average Bonchev–Trinajstić information content (AvgIpc) is 2.37. The van der Waals surface area contributed by atoms with Crippen LogP contribution < -0.4 is 5.32 Å². The Morgan fingerprint density at radius 2 is 2.20 bits per heavy atom. The van der Waals surface area contributed by atoms with Gasteiger partial charge in [-0.3, -0.25) is 14.9 Å². The van der Waals surface area contributed by atoms with Crippen molar-refractivity contribution in [2.75, 3.05) is 0 Å². The first-order chi connectivity index (χ1) is 9.36. The Morgan fingerprint density at radius 1 is 1.55 bits per heavy atom. The van der Waals surface area contributed by atoms with Crippen LogP contribution in [0.4, 0.5) is 10.1 Å². The van der Waals surface area contributed by atoms with Crippen LogP contribution in [0.1, 0.15) is 16.8 Å². The monoisotopic (exact) mass is 280 g/mol. The van der Waals surface area contributed by atoms with E-state index in [2.05, 4.69) is 11.2 Å². The van der Waals surface area contributed by atoms with Crippen molar-refractivity contribution < 1.29 is 24.0 Å². The average molecular weight is 280 g/mol. The van der Waals surface area contributed by atoms with Gasteiger partial charge in [0, 0.05) is 18.1 Å². The van der Waals surface area contributed by atoms with Crippen LogP contribution in [-0.4, -0.2) is 27.9 Å². The molecule has 0 bridgehead atoms. The highest BCUT2D eigenvalue weighted by atomic mass is 19.1. The molecular formula is C12H9FN2O5. The van der Waals surface area contributed by atoms with Crippen LogP contribution in [0.2, 0.25) is 0 Å². The largest absolute Gasteiger partial charge is 0.480 e. The third kappa shape index (κ3) is 3.52. The number of carboxylic acid groups (broad SMARTS) is 1. The minimum atomic E-state index is -1.33. The van der Waals surface area contributed by atoms with Gasteiger partial charge in [0.05, 0.1) is 4.92 Å². The summed E-state index contributed by atoms with van der Waals surface area (Å²) in [5.74, 6) is -1.33. The molecule has 1 atom stereocenters. The molecule has 1 amide bonds. The summed E-state index contributed by atoms with van der Waals surface area (Å²) in [7, 11) is 0. The predicted octanol–water partition coefficient (Wildman–Crippen LogP) is 0.940. The Morgan fingerprint density at radius 3 is 2.65 bits per heavy atom. The molecule has 0 saturated heterocycles. The van der Waals surface area contributed by atoms with E-state index in [0.717, 1.165) is 12.1 Å². The molecule has 104 valence electrons. The van der Waals surface area contributed by atoms with Crippen molar-refractivity contribution in [3.63, 3.8) is 0 Å². The third-order valence-electron chi connectivity index (χ3n) is 2.33. The number of hydrogen-bond donors (Lipinski definition) is 2. The molecule has 0 aromatic heterocycles. The number of benzene rings is 1. The van der Waals surface area contributed by atoms with Crippen LogP contribution >= 0.6 is 0 Å². The molecule has 0 aliphatic rings. The molecule has 7 nitrogen and oxygen atoms in total. The lowest BCUT2D eigenvalue weighted by atomic mass is 10.1. The smallest absolute Gasteiger partial charge is 0.327 e. The van der Waals surface area contributed by atoms with Crippen molar-refractivity contribution in [2.45, 2.75) is 12.5 Å². The molecule has 0 heterocycles. The number of nitrogens with one attached hydrogen (secondary N) is 1.